The monoisotopic (exact) mass is 402 g/mol. The minimum atomic E-state index is -0.129. The molecular weight excluding hydrogens is 376 g/mol. The topological polar surface area (TPSA) is 76.1 Å². The molecule has 0 saturated carbocycles. The molecule has 0 atom stereocenters. The number of benzene rings is 2. The van der Waals surface area contributed by atoms with E-state index in [1.54, 1.807) is 7.11 Å². The predicted octanol–water partition coefficient (Wildman–Crippen LogP) is 5.44. The van der Waals surface area contributed by atoms with E-state index in [2.05, 4.69) is 29.5 Å². The molecule has 154 valence electrons. The summed E-state index contributed by atoms with van der Waals surface area (Å²) >= 11 is 0. The third kappa shape index (κ3) is 4.13. The third-order valence-corrected chi connectivity index (χ3v) is 5.29. The van der Waals surface area contributed by atoms with Crippen LogP contribution in [0, 0.1) is 12.3 Å². The standard InChI is InChI=1S/C24H26N4O2/c1-15-7-5-6-8-18(15)26-22-21-19(13-24(2,3)14-20(21)29)27-23(28-22)25-16-9-11-17(30-4)12-10-16/h5-12H,13-14H2,1-4H3,(H2,25,26,27,28). The summed E-state index contributed by atoms with van der Waals surface area (Å²) in [6.07, 6.45) is 1.20. The number of carbonyl (C=O) groups excluding carboxylic acids is 1. The number of rotatable bonds is 5. The zero-order chi connectivity index (χ0) is 21.3. The zero-order valence-corrected chi connectivity index (χ0v) is 17.7. The van der Waals surface area contributed by atoms with Crippen molar-refractivity contribution in [1.82, 2.24) is 9.97 Å². The number of anilines is 4. The van der Waals surface area contributed by atoms with E-state index in [0.717, 1.165) is 34.8 Å². The van der Waals surface area contributed by atoms with Crippen LogP contribution in [0.25, 0.3) is 0 Å². The van der Waals surface area contributed by atoms with Gasteiger partial charge in [-0.25, -0.2) is 4.98 Å². The maximum Gasteiger partial charge on any atom is 0.229 e. The summed E-state index contributed by atoms with van der Waals surface area (Å²) in [6.45, 7) is 6.22. The van der Waals surface area contributed by atoms with Crippen molar-refractivity contribution in [3.63, 3.8) is 0 Å². The molecule has 4 rings (SSSR count). The molecule has 0 saturated heterocycles. The number of fused-ring (bicyclic) bond motifs is 1. The molecular formula is C24H26N4O2. The second-order valence-corrected chi connectivity index (χ2v) is 8.45. The number of methoxy groups -OCH3 is 1. The Balaban J connectivity index is 1.76. The Hall–Kier alpha value is -3.41. The molecule has 0 fully saturated rings. The number of Topliss-reactive ketones (excluding diaryl/α,β-unsaturated/α-hetero) is 1. The normalized spacial score (nSPS) is 14.7. The minimum Gasteiger partial charge on any atom is -0.497 e. The maximum atomic E-state index is 13.0. The van der Waals surface area contributed by atoms with Gasteiger partial charge in [0, 0.05) is 17.8 Å². The smallest absolute Gasteiger partial charge is 0.229 e. The van der Waals surface area contributed by atoms with Gasteiger partial charge < -0.3 is 15.4 Å². The summed E-state index contributed by atoms with van der Waals surface area (Å²) in [5, 5.41) is 6.63. The van der Waals surface area contributed by atoms with Crippen molar-refractivity contribution in [3.05, 3.63) is 65.4 Å². The zero-order valence-electron chi connectivity index (χ0n) is 17.7. The van der Waals surface area contributed by atoms with Gasteiger partial charge in [0.1, 0.15) is 11.6 Å². The number of para-hydroxylation sites is 1. The van der Waals surface area contributed by atoms with Gasteiger partial charge in [-0.15, -0.1) is 0 Å². The van der Waals surface area contributed by atoms with E-state index in [9.17, 15) is 4.79 Å². The Bertz CT molecular complexity index is 1090. The highest BCUT2D eigenvalue weighted by Crippen LogP contribution is 2.38. The highest BCUT2D eigenvalue weighted by atomic mass is 16.5. The van der Waals surface area contributed by atoms with Crippen LogP contribution in [0.2, 0.25) is 0 Å². The summed E-state index contributed by atoms with van der Waals surface area (Å²) in [5.41, 5.74) is 4.09. The van der Waals surface area contributed by atoms with Crippen molar-refractivity contribution >= 4 is 28.9 Å². The Kier molecular flexibility index (Phi) is 5.16. The number of ketones is 1. The first-order valence-corrected chi connectivity index (χ1v) is 10.0. The molecule has 2 N–H and O–H groups in total. The lowest BCUT2D eigenvalue weighted by atomic mass is 9.75. The number of hydrogen-bond acceptors (Lipinski definition) is 6. The molecule has 30 heavy (non-hydrogen) atoms. The van der Waals surface area contributed by atoms with Gasteiger partial charge in [-0.1, -0.05) is 32.0 Å². The summed E-state index contributed by atoms with van der Waals surface area (Å²) < 4.78 is 5.22. The van der Waals surface area contributed by atoms with Crippen LogP contribution in [0.3, 0.4) is 0 Å². The Morgan fingerprint density at radius 3 is 2.40 bits per heavy atom. The molecule has 0 radical (unpaired) electrons. The molecule has 1 aromatic heterocycles. The van der Waals surface area contributed by atoms with Crippen LogP contribution in [-0.4, -0.2) is 22.9 Å². The van der Waals surface area contributed by atoms with Crippen LogP contribution in [0.4, 0.5) is 23.1 Å². The second kappa shape index (κ2) is 7.78. The van der Waals surface area contributed by atoms with Crippen LogP contribution in [0.1, 0.15) is 41.9 Å². The number of hydrogen-bond donors (Lipinski definition) is 2. The fourth-order valence-corrected chi connectivity index (χ4v) is 3.76. The van der Waals surface area contributed by atoms with Gasteiger partial charge in [0.25, 0.3) is 0 Å². The molecule has 1 aliphatic rings. The number of ether oxygens (including phenoxy) is 1. The van der Waals surface area contributed by atoms with E-state index >= 15 is 0 Å². The fourth-order valence-electron chi connectivity index (χ4n) is 3.76. The maximum absolute atomic E-state index is 13.0. The first kappa shape index (κ1) is 19.9. The lowest BCUT2D eigenvalue weighted by Crippen LogP contribution is -2.29. The van der Waals surface area contributed by atoms with Gasteiger partial charge in [-0.05, 0) is 54.7 Å². The predicted molar refractivity (Wildman–Crippen MR) is 119 cm³/mol. The van der Waals surface area contributed by atoms with Crippen LogP contribution < -0.4 is 15.4 Å². The molecule has 6 heteroatoms. The molecule has 2 aromatic carbocycles. The van der Waals surface area contributed by atoms with E-state index in [1.807, 2.05) is 55.5 Å². The van der Waals surface area contributed by atoms with Crippen molar-refractivity contribution in [2.45, 2.75) is 33.6 Å². The minimum absolute atomic E-state index is 0.0772. The summed E-state index contributed by atoms with van der Waals surface area (Å²) in [4.78, 5) is 22.4. The lowest BCUT2D eigenvalue weighted by Gasteiger charge is -2.30. The first-order valence-electron chi connectivity index (χ1n) is 10.0. The van der Waals surface area contributed by atoms with Crippen molar-refractivity contribution in [3.8, 4) is 5.75 Å². The molecule has 1 heterocycles. The van der Waals surface area contributed by atoms with Crippen molar-refractivity contribution in [2.24, 2.45) is 5.41 Å². The second-order valence-electron chi connectivity index (χ2n) is 8.45. The molecule has 1 aliphatic carbocycles. The lowest BCUT2D eigenvalue weighted by molar-refractivity contribution is 0.0911. The van der Waals surface area contributed by atoms with E-state index in [-0.39, 0.29) is 11.2 Å². The molecule has 3 aromatic rings. The number of nitrogens with one attached hydrogen (secondary N) is 2. The summed E-state index contributed by atoms with van der Waals surface area (Å²) in [6, 6.07) is 15.5. The van der Waals surface area contributed by atoms with Gasteiger partial charge in [0.05, 0.1) is 18.4 Å². The van der Waals surface area contributed by atoms with Gasteiger partial charge in [-0.2, -0.15) is 4.98 Å². The average Bonchev–Trinajstić information content (AvgIpc) is 2.69. The average molecular weight is 402 g/mol. The van der Waals surface area contributed by atoms with Crippen LogP contribution in [0.15, 0.2) is 48.5 Å². The van der Waals surface area contributed by atoms with Gasteiger partial charge in [0.15, 0.2) is 5.78 Å². The van der Waals surface area contributed by atoms with E-state index in [0.29, 0.717) is 23.8 Å². The third-order valence-electron chi connectivity index (χ3n) is 5.29. The molecule has 6 nitrogen and oxygen atoms in total. The van der Waals surface area contributed by atoms with Crippen LogP contribution >= 0.6 is 0 Å². The van der Waals surface area contributed by atoms with Crippen molar-refractivity contribution < 1.29 is 9.53 Å². The largest absolute Gasteiger partial charge is 0.497 e. The van der Waals surface area contributed by atoms with Crippen molar-refractivity contribution in [1.29, 1.82) is 0 Å². The summed E-state index contributed by atoms with van der Waals surface area (Å²) in [5.74, 6) is 1.86. The quantitative estimate of drug-likeness (QED) is 0.592. The van der Waals surface area contributed by atoms with Crippen LogP contribution in [0.5, 0.6) is 5.75 Å². The van der Waals surface area contributed by atoms with E-state index < -0.39 is 0 Å². The fraction of sp³-hybridized carbons (Fsp3) is 0.292. The Labute approximate surface area is 176 Å². The van der Waals surface area contributed by atoms with Gasteiger partial charge in [0.2, 0.25) is 5.95 Å². The summed E-state index contributed by atoms with van der Waals surface area (Å²) in [7, 11) is 1.64. The molecule has 0 bridgehead atoms. The molecule has 0 unspecified atom stereocenters. The molecule has 0 spiro atoms. The highest BCUT2D eigenvalue weighted by molar-refractivity contribution is 6.03. The Morgan fingerprint density at radius 1 is 0.967 bits per heavy atom. The van der Waals surface area contributed by atoms with Gasteiger partial charge in [-0.3, -0.25) is 4.79 Å². The number of carbonyl (C=O) groups is 1. The number of nitrogens with zero attached hydrogens (tertiary/aromatic N) is 2. The Morgan fingerprint density at radius 2 is 1.70 bits per heavy atom. The number of aromatic nitrogens is 2. The van der Waals surface area contributed by atoms with Crippen LogP contribution in [-0.2, 0) is 6.42 Å². The van der Waals surface area contributed by atoms with Gasteiger partial charge >= 0.3 is 0 Å². The highest BCUT2D eigenvalue weighted by Gasteiger charge is 2.35. The van der Waals surface area contributed by atoms with E-state index in [4.69, 9.17) is 9.72 Å². The SMILES string of the molecule is COc1ccc(Nc2nc3c(c(Nc4ccccc4C)n2)C(=O)CC(C)(C)C3)cc1. The number of aryl methyl sites for hydroxylation is 1. The van der Waals surface area contributed by atoms with E-state index in [1.165, 1.54) is 0 Å². The first-order chi connectivity index (χ1) is 14.3. The molecule has 0 amide bonds. The molecule has 0 aliphatic heterocycles. The van der Waals surface area contributed by atoms with Crippen molar-refractivity contribution in [2.75, 3.05) is 17.7 Å².